The fourth-order valence-electron chi connectivity index (χ4n) is 1.54. The number of pyridine rings is 1. The summed E-state index contributed by atoms with van der Waals surface area (Å²) in [7, 11) is 0. The van der Waals surface area contributed by atoms with Crippen molar-refractivity contribution in [1.29, 1.82) is 0 Å². The number of nitrogens with zero attached hydrogens (tertiary/aromatic N) is 3. The van der Waals surface area contributed by atoms with E-state index in [1.54, 1.807) is 6.20 Å². The summed E-state index contributed by atoms with van der Waals surface area (Å²) >= 11 is 1.14. The average molecular weight is 262 g/mol. The largest absolute Gasteiger partial charge is 0.351 e. The van der Waals surface area contributed by atoms with Crippen molar-refractivity contribution >= 4 is 17.4 Å². The Hall–Kier alpha value is -1.82. The van der Waals surface area contributed by atoms with Crippen LogP contribution in [0.5, 0.6) is 0 Å². The van der Waals surface area contributed by atoms with Gasteiger partial charge < -0.3 is 5.32 Å². The van der Waals surface area contributed by atoms with Crippen LogP contribution in [-0.2, 0) is 12.8 Å². The van der Waals surface area contributed by atoms with Crippen LogP contribution in [0, 0.1) is 0 Å². The minimum Gasteiger partial charge on any atom is -0.351 e. The predicted molar refractivity (Wildman–Crippen MR) is 69.6 cm³/mol. The lowest BCUT2D eigenvalue weighted by atomic mass is 10.2. The maximum Gasteiger partial charge on any atom is 0.264 e. The van der Waals surface area contributed by atoms with E-state index in [1.807, 2.05) is 25.1 Å². The predicted octanol–water partition coefficient (Wildman–Crippen LogP) is 1.47. The quantitative estimate of drug-likeness (QED) is 0.886. The monoisotopic (exact) mass is 262 g/mol. The van der Waals surface area contributed by atoms with Crippen LogP contribution in [-0.4, -0.2) is 27.0 Å². The molecule has 0 spiro atoms. The summed E-state index contributed by atoms with van der Waals surface area (Å²) in [5.74, 6) is -0.0993. The Morgan fingerprint density at radius 1 is 1.44 bits per heavy atom. The van der Waals surface area contributed by atoms with Gasteiger partial charge in [-0.3, -0.25) is 9.78 Å². The molecule has 5 nitrogen and oxygen atoms in total. The zero-order chi connectivity index (χ0) is 12.8. The molecule has 1 N–H and O–H groups in total. The summed E-state index contributed by atoms with van der Waals surface area (Å²) in [6, 6.07) is 5.75. The van der Waals surface area contributed by atoms with Crippen molar-refractivity contribution in [1.82, 2.24) is 19.9 Å². The summed E-state index contributed by atoms with van der Waals surface area (Å²) in [5, 5.41) is 6.78. The van der Waals surface area contributed by atoms with Gasteiger partial charge in [0.05, 0.1) is 5.69 Å². The highest BCUT2D eigenvalue weighted by Gasteiger charge is 2.14. The standard InChI is InChI=1S/C12H14N4OS/c1-2-10-11(18-16-15-10)12(17)14-8-6-9-5-3-4-7-13-9/h3-5,7H,2,6,8H2,1H3,(H,14,17). The molecule has 0 atom stereocenters. The average Bonchev–Trinajstić information content (AvgIpc) is 2.88. The number of aromatic nitrogens is 3. The Balaban J connectivity index is 1.86. The molecular formula is C12H14N4OS. The minimum absolute atomic E-state index is 0.0993. The number of nitrogens with one attached hydrogen (secondary N) is 1. The van der Waals surface area contributed by atoms with Gasteiger partial charge in [0, 0.05) is 24.9 Å². The molecule has 0 saturated heterocycles. The number of carbonyl (C=O) groups is 1. The van der Waals surface area contributed by atoms with Crippen molar-refractivity contribution in [2.24, 2.45) is 0 Å². The Morgan fingerprint density at radius 2 is 2.33 bits per heavy atom. The summed E-state index contributed by atoms with van der Waals surface area (Å²) in [6.45, 7) is 2.53. The van der Waals surface area contributed by atoms with E-state index in [1.165, 1.54) is 0 Å². The lowest BCUT2D eigenvalue weighted by Gasteiger charge is -2.03. The molecule has 0 aromatic carbocycles. The molecule has 0 aliphatic heterocycles. The molecule has 18 heavy (non-hydrogen) atoms. The van der Waals surface area contributed by atoms with Gasteiger partial charge in [0.25, 0.3) is 5.91 Å². The van der Waals surface area contributed by atoms with Gasteiger partial charge >= 0.3 is 0 Å². The van der Waals surface area contributed by atoms with E-state index >= 15 is 0 Å². The zero-order valence-electron chi connectivity index (χ0n) is 10.1. The maximum atomic E-state index is 11.9. The highest BCUT2D eigenvalue weighted by molar-refractivity contribution is 7.08. The molecule has 2 rings (SSSR count). The number of hydrogen-bond donors (Lipinski definition) is 1. The Morgan fingerprint density at radius 3 is 3.06 bits per heavy atom. The van der Waals surface area contributed by atoms with Crippen LogP contribution in [0.15, 0.2) is 24.4 Å². The smallest absolute Gasteiger partial charge is 0.264 e. The van der Waals surface area contributed by atoms with E-state index in [4.69, 9.17) is 0 Å². The first-order valence-electron chi connectivity index (χ1n) is 5.80. The second-order valence-corrected chi connectivity index (χ2v) is 4.48. The van der Waals surface area contributed by atoms with Crippen molar-refractivity contribution in [2.45, 2.75) is 19.8 Å². The third-order valence-electron chi connectivity index (χ3n) is 2.49. The molecular weight excluding hydrogens is 248 g/mol. The molecule has 0 unspecified atom stereocenters. The number of carbonyl (C=O) groups excluding carboxylic acids is 1. The molecule has 0 radical (unpaired) electrons. The first kappa shape index (κ1) is 12.6. The van der Waals surface area contributed by atoms with Crippen molar-refractivity contribution in [3.05, 3.63) is 40.7 Å². The maximum absolute atomic E-state index is 11.9. The van der Waals surface area contributed by atoms with Gasteiger partial charge in [-0.05, 0) is 30.1 Å². The van der Waals surface area contributed by atoms with E-state index < -0.39 is 0 Å². The molecule has 2 aromatic rings. The molecule has 6 heteroatoms. The van der Waals surface area contributed by atoms with Gasteiger partial charge in [-0.2, -0.15) is 0 Å². The van der Waals surface area contributed by atoms with Gasteiger partial charge in [0.2, 0.25) is 0 Å². The summed E-state index contributed by atoms with van der Waals surface area (Å²) in [6.07, 6.45) is 3.19. The van der Waals surface area contributed by atoms with Crippen LogP contribution >= 0.6 is 11.5 Å². The van der Waals surface area contributed by atoms with Crippen LogP contribution in [0.4, 0.5) is 0 Å². The molecule has 0 bridgehead atoms. The SMILES string of the molecule is CCc1nnsc1C(=O)NCCc1ccccn1. The van der Waals surface area contributed by atoms with E-state index in [0.29, 0.717) is 11.4 Å². The van der Waals surface area contributed by atoms with Gasteiger partial charge in [0.15, 0.2) is 0 Å². The van der Waals surface area contributed by atoms with Crippen molar-refractivity contribution in [2.75, 3.05) is 6.54 Å². The second-order valence-electron chi connectivity index (χ2n) is 3.73. The zero-order valence-corrected chi connectivity index (χ0v) is 10.9. The van der Waals surface area contributed by atoms with Crippen LogP contribution in [0.25, 0.3) is 0 Å². The summed E-state index contributed by atoms with van der Waals surface area (Å²) in [4.78, 5) is 16.7. The lowest BCUT2D eigenvalue weighted by Crippen LogP contribution is -2.26. The highest BCUT2D eigenvalue weighted by Crippen LogP contribution is 2.10. The van der Waals surface area contributed by atoms with E-state index in [0.717, 1.165) is 35.8 Å². The van der Waals surface area contributed by atoms with Crippen LogP contribution in [0.2, 0.25) is 0 Å². The highest BCUT2D eigenvalue weighted by atomic mass is 32.1. The first-order chi connectivity index (χ1) is 8.81. The molecule has 1 amide bonds. The number of amides is 1. The van der Waals surface area contributed by atoms with Gasteiger partial charge in [-0.25, -0.2) is 0 Å². The van der Waals surface area contributed by atoms with Gasteiger partial charge in [0.1, 0.15) is 4.88 Å². The van der Waals surface area contributed by atoms with Gasteiger partial charge in [-0.15, -0.1) is 5.10 Å². The van der Waals surface area contributed by atoms with Crippen molar-refractivity contribution in [3.8, 4) is 0 Å². The Labute approximate surface area is 109 Å². The lowest BCUT2D eigenvalue weighted by molar-refractivity contribution is 0.0957. The van der Waals surface area contributed by atoms with Crippen LogP contribution in [0.1, 0.15) is 28.0 Å². The third kappa shape index (κ3) is 3.10. The number of rotatable bonds is 5. The third-order valence-corrected chi connectivity index (χ3v) is 3.26. The molecule has 0 aliphatic rings. The Kier molecular flexibility index (Phi) is 4.35. The van der Waals surface area contributed by atoms with E-state index in [2.05, 4.69) is 19.9 Å². The number of hydrogen-bond acceptors (Lipinski definition) is 5. The minimum atomic E-state index is -0.0993. The first-order valence-corrected chi connectivity index (χ1v) is 6.58. The van der Waals surface area contributed by atoms with Crippen molar-refractivity contribution < 1.29 is 4.79 Å². The molecule has 94 valence electrons. The molecule has 2 heterocycles. The Bertz CT molecular complexity index is 512. The van der Waals surface area contributed by atoms with Crippen LogP contribution < -0.4 is 5.32 Å². The normalized spacial score (nSPS) is 10.3. The number of aryl methyl sites for hydroxylation is 1. The fraction of sp³-hybridized carbons (Fsp3) is 0.333. The van der Waals surface area contributed by atoms with Gasteiger partial charge in [-0.1, -0.05) is 17.5 Å². The second kappa shape index (κ2) is 6.20. The van der Waals surface area contributed by atoms with Crippen molar-refractivity contribution in [3.63, 3.8) is 0 Å². The van der Waals surface area contributed by atoms with E-state index in [9.17, 15) is 4.79 Å². The van der Waals surface area contributed by atoms with E-state index in [-0.39, 0.29) is 5.91 Å². The van der Waals surface area contributed by atoms with Crippen LogP contribution in [0.3, 0.4) is 0 Å². The summed E-state index contributed by atoms with van der Waals surface area (Å²) < 4.78 is 3.80. The molecule has 0 aliphatic carbocycles. The molecule has 0 fully saturated rings. The topological polar surface area (TPSA) is 67.8 Å². The fourth-order valence-corrected chi connectivity index (χ4v) is 2.21. The molecule has 2 aromatic heterocycles. The summed E-state index contributed by atoms with van der Waals surface area (Å²) in [5.41, 5.74) is 1.73. The molecule has 0 saturated carbocycles.